The molecule has 0 aromatic carbocycles. The van der Waals surface area contributed by atoms with Crippen molar-refractivity contribution in [3.05, 3.63) is 41.0 Å². The molecule has 2 rings (SSSR count). The van der Waals surface area contributed by atoms with Crippen molar-refractivity contribution in [2.75, 3.05) is 13.6 Å². The van der Waals surface area contributed by atoms with Gasteiger partial charge in [0.2, 0.25) is 0 Å². The molecule has 0 aliphatic heterocycles. The number of aryl methyl sites for hydroxylation is 3. The van der Waals surface area contributed by atoms with Crippen LogP contribution in [-0.4, -0.2) is 28.5 Å². The molecule has 0 spiro atoms. The SMILES string of the molecule is CNCCc1c(C)nc(-c2cnccc2C)nc1C. The molecule has 0 atom stereocenters. The molecule has 0 saturated carbocycles. The Labute approximate surface area is 114 Å². The van der Waals surface area contributed by atoms with Crippen molar-refractivity contribution in [2.24, 2.45) is 0 Å². The van der Waals surface area contributed by atoms with E-state index in [9.17, 15) is 0 Å². The third-order valence-corrected chi connectivity index (χ3v) is 3.33. The molecule has 100 valence electrons. The highest BCUT2D eigenvalue weighted by Crippen LogP contribution is 2.21. The Hall–Kier alpha value is -1.81. The summed E-state index contributed by atoms with van der Waals surface area (Å²) in [5.74, 6) is 0.772. The Balaban J connectivity index is 2.43. The molecule has 19 heavy (non-hydrogen) atoms. The van der Waals surface area contributed by atoms with Crippen LogP contribution >= 0.6 is 0 Å². The average Bonchev–Trinajstić information content (AvgIpc) is 2.38. The van der Waals surface area contributed by atoms with E-state index in [2.05, 4.69) is 41.0 Å². The smallest absolute Gasteiger partial charge is 0.161 e. The zero-order chi connectivity index (χ0) is 13.8. The first-order chi connectivity index (χ1) is 9.13. The lowest BCUT2D eigenvalue weighted by molar-refractivity contribution is 0.774. The highest BCUT2D eigenvalue weighted by Gasteiger charge is 2.11. The first kappa shape index (κ1) is 13.6. The van der Waals surface area contributed by atoms with Gasteiger partial charge in [-0.25, -0.2) is 9.97 Å². The van der Waals surface area contributed by atoms with Gasteiger partial charge in [0.25, 0.3) is 0 Å². The molecule has 2 aromatic heterocycles. The molecule has 2 heterocycles. The number of rotatable bonds is 4. The molecule has 2 aromatic rings. The molecule has 0 fully saturated rings. The lowest BCUT2D eigenvalue weighted by Gasteiger charge is -2.11. The molecule has 4 heteroatoms. The molecule has 4 nitrogen and oxygen atoms in total. The highest BCUT2D eigenvalue weighted by molar-refractivity contribution is 5.58. The number of aromatic nitrogens is 3. The van der Waals surface area contributed by atoms with Gasteiger partial charge in [-0.1, -0.05) is 0 Å². The van der Waals surface area contributed by atoms with Crippen molar-refractivity contribution in [3.8, 4) is 11.4 Å². The van der Waals surface area contributed by atoms with E-state index in [0.717, 1.165) is 41.3 Å². The van der Waals surface area contributed by atoms with Crippen LogP contribution in [0.5, 0.6) is 0 Å². The minimum Gasteiger partial charge on any atom is -0.319 e. The maximum absolute atomic E-state index is 4.64. The fraction of sp³-hybridized carbons (Fsp3) is 0.400. The summed E-state index contributed by atoms with van der Waals surface area (Å²) in [5, 5.41) is 3.16. The first-order valence-corrected chi connectivity index (χ1v) is 6.53. The molecule has 0 aliphatic carbocycles. The van der Waals surface area contributed by atoms with Gasteiger partial charge in [-0.15, -0.1) is 0 Å². The summed E-state index contributed by atoms with van der Waals surface area (Å²) < 4.78 is 0. The lowest BCUT2D eigenvalue weighted by Crippen LogP contribution is -2.13. The third kappa shape index (κ3) is 2.96. The van der Waals surface area contributed by atoms with Crippen LogP contribution in [0.1, 0.15) is 22.5 Å². The van der Waals surface area contributed by atoms with E-state index >= 15 is 0 Å². The summed E-state index contributed by atoms with van der Waals surface area (Å²) >= 11 is 0. The largest absolute Gasteiger partial charge is 0.319 e. The van der Waals surface area contributed by atoms with Crippen LogP contribution in [0.4, 0.5) is 0 Å². The Morgan fingerprint density at radius 1 is 1.11 bits per heavy atom. The third-order valence-electron chi connectivity index (χ3n) is 3.33. The number of pyridine rings is 1. The quantitative estimate of drug-likeness (QED) is 0.911. The predicted octanol–water partition coefficient (Wildman–Crippen LogP) is 2.23. The fourth-order valence-electron chi connectivity index (χ4n) is 2.17. The van der Waals surface area contributed by atoms with E-state index in [0.29, 0.717) is 0 Å². The maximum atomic E-state index is 4.64. The fourth-order valence-corrected chi connectivity index (χ4v) is 2.17. The number of hydrogen-bond acceptors (Lipinski definition) is 4. The minimum absolute atomic E-state index is 0.772. The van der Waals surface area contributed by atoms with Crippen LogP contribution in [0, 0.1) is 20.8 Å². The van der Waals surface area contributed by atoms with Gasteiger partial charge in [0.15, 0.2) is 5.82 Å². The van der Waals surface area contributed by atoms with Crippen molar-refractivity contribution >= 4 is 0 Å². The maximum Gasteiger partial charge on any atom is 0.161 e. The minimum atomic E-state index is 0.772. The molecule has 0 radical (unpaired) electrons. The summed E-state index contributed by atoms with van der Waals surface area (Å²) in [6, 6.07) is 1.98. The zero-order valence-corrected chi connectivity index (χ0v) is 12.0. The van der Waals surface area contributed by atoms with Crippen LogP contribution < -0.4 is 5.32 Å². The molecular formula is C15H20N4. The van der Waals surface area contributed by atoms with Gasteiger partial charge in [0, 0.05) is 29.3 Å². The molecule has 0 amide bonds. The van der Waals surface area contributed by atoms with E-state index in [4.69, 9.17) is 0 Å². The molecule has 1 N–H and O–H groups in total. The molecule has 0 unspecified atom stereocenters. The Bertz CT molecular complexity index is 555. The second-order valence-corrected chi connectivity index (χ2v) is 4.74. The van der Waals surface area contributed by atoms with E-state index in [1.165, 1.54) is 5.56 Å². The van der Waals surface area contributed by atoms with Gasteiger partial charge in [-0.05, 0) is 58.0 Å². The van der Waals surface area contributed by atoms with Crippen LogP contribution in [-0.2, 0) is 6.42 Å². The number of nitrogens with zero attached hydrogens (tertiary/aromatic N) is 3. The van der Waals surface area contributed by atoms with Crippen molar-refractivity contribution in [1.82, 2.24) is 20.3 Å². The molecule has 0 bridgehead atoms. The summed E-state index contributed by atoms with van der Waals surface area (Å²) in [4.78, 5) is 13.4. The first-order valence-electron chi connectivity index (χ1n) is 6.53. The predicted molar refractivity (Wildman–Crippen MR) is 77.1 cm³/mol. The van der Waals surface area contributed by atoms with Crippen molar-refractivity contribution in [1.29, 1.82) is 0 Å². The summed E-state index contributed by atoms with van der Waals surface area (Å²) in [6.07, 6.45) is 4.58. The van der Waals surface area contributed by atoms with Crippen LogP contribution in [0.3, 0.4) is 0 Å². The second-order valence-electron chi connectivity index (χ2n) is 4.74. The number of hydrogen-bond donors (Lipinski definition) is 1. The van der Waals surface area contributed by atoms with Gasteiger partial charge >= 0.3 is 0 Å². The van der Waals surface area contributed by atoms with Gasteiger partial charge in [0.05, 0.1) is 0 Å². The Morgan fingerprint density at radius 3 is 2.37 bits per heavy atom. The van der Waals surface area contributed by atoms with E-state index in [-0.39, 0.29) is 0 Å². The summed E-state index contributed by atoms with van der Waals surface area (Å²) in [5.41, 5.74) is 5.51. The van der Waals surface area contributed by atoms with Crippen molar-refractivity contribution in [3.63, 3.8) is 0 Å². The monoisotopic (exact) mass is 256 g/mol. The summed E-state index contributed by atoms with van der Waals surface area (Å²) in [6.45, 7) is 7.10. The Morgan fingerprint density at radius 2 is 1.79 bits per heavy atom. The molecule has 0 saturated heterocycles. The van der Waals surface area contributed by atoms with Crippen LogP contribution in [0.2, 0.25) is 0 Å². The van der Waals surface area contributed by atoms with Crippen LogP contribution in [0.15, 0.2) is 18.5 Å². The number of likely N-dealkylation sites (N-methyl/N-ethyl adjacent to an activating group) is 1. The normalized spacial score (nSPS) is 10.7. The van der Waals surface area contributed by atoms with E-state index < -0.39 is 0 Å². The highest BCUT2D eigenvalue weighted by atomic mass is 14.9. The summed E-state index contributed by atoms with van der Waals surface area (Å²) in [7, 11) is 1.96. The number of nitrogens with one attached hydrogen (secondary N) is 1. The van der Waals surface area contributed by atoms with E-state index in [1.807, 2.05) is 19.3 Å². The zero-order valence-electron chi connectivity index (χ0n) is 12.0. The molecule has 0 aliphatic rings. The van der Waals surface area contributed by atoms with Crippen LogP contribution in [0.25, 0.3) is 11.4 Å². The average molecular weight is 256 g/mol. The Kier molecular flexibility index (Phi) is 4.22. The second kappa shape index (κ2) is 5.89. The van der Waals surface area contributed by atoms with Gasteiger partial charge in [0.1, 0.15) is 0 Å². The van der Waals surface area contributed by atoms with Gasteiger partial charge in [-0.2, -0.15) is 0 Å². The lowest BCUT2D eigenvalue weighted by atomic mass is 10.1. The van der Waals surface area contributed by atoms with Gasteiger partial charge in [-0.3, -0.25) is 4.98 Å². The standard InChI is InChI=1S/C15H20N4/c1-10-5-8-17-9-14(10)15-18-11(2)13(6-7-16-4)12(3)19-15/h5,8-9,16H,6-7H2,1-4H3. The topological polar surface area (TPSA) is 50.7 Å². The van der Waals surface area contributed by atoms with Crippen molar-refractivity contribution < 1.29 is 0 Å². The van der Waals surface area contributed by atoms with Crippen molar-refractivity contribution in [2.45, 2.75) is 27.2 Å². The molecular weight excluding hydrogens is 236 g/mol. The van der Waals surface area contributed by atoms with E-state index in [1.54, 1.807) is 6.20 Å². The van der Waals surface area contributed by atoms with Gasteiger partial charge < -0.3 is 5.32 Å².